The zero-order valence-electron chi connectivity index (χ0n) is 22.3. The lowest BCUT2D eigenvalue weighted by Gasteiger charge is -2.24. The number of benzene rings is 3. The van der Waals surface area contributed by atoms with Crippen molar-refractivity contribution >= 4 is 28.5 Å². The molecular formula is C33H28ClN3O4. The monoisotopic (exact) mass is 565 g/mol. The van der Waals surface area contributed by atoms with Crippen LogP contribution < -0.4 is 5.56 Å². The second-order valence-electron chi connectivity index (χ2n) is 11.0. The van der Waals surface area contributed by atoms with E-state index < -0.39 is 12.0 Å². The first-order chi connectivity index (χ1) is 19.9. The number of carbonyl (C=O) groups excluding carboxylic acids is 1. The first-order valence-electron chi connectivity index (χ1n) is 13.8. The van der Waals surface area contributed by atoms with Gasteiger partial charge in [0.2, 0.25) is 0 Å². The molecule has 1 amide bonds. The molecule has 0 unspecified atom stereocenters. The van der Waals surface area contributed by atoms with E-state index in [4.69, 9.17) is 21.0 Å². The summed E-state index contributed by atoms with van der Waals surface area (Å²) >= 11 is 6.25. The van der Waals surface area contributed by atoms with Gasteiger partial charge in [-0.25, -0.2) is 4.98 Å². The molecule has 0 radical (unpaired) electrons. The van der Waals surface area contributed by atoms with Crippen LogP contribution >= 0.6 is 11.6 Å². The Morgan fingerprint density at radius 3 is 2.73 bits per heavy atom. The Morgan fingerprint density at radius 1 is 1.07 bits per heavy atom. The number of halogens is 1. The van der Waals surface area contributed by atoms with E-state index in [1.807, 2.05) is 66.7 Å². The van der Waals surface area contributed by atoms with Crippen molar-refractivity contribution in [3.8, 4) is 11.1 Å². The molecule has 0 bridgehead atoms. The molecule has 8 heteroatoms. The van der Waals surface area contributed by atoms with E-state index in [2.05, 4.69) is 4.98 Å². The van der Waals surface area contributed by atoms with E-state index in [1.54, 1.807) is 17.2 Å². The van der Waals surface area contributed by atoms with Gasteiger partial charge in [-0.15, -0.1) is 0 Å². The molecule has 7 nitrogen and oxygen atoms in total. The Kier molecular flexibility index (Phi) is 6.29. The Morgan fingerprint density at radius 2 is 1.90 bits per heavy atom. The topological polar surface area (TPSA) is 99.4 Å². The molecule has 3 aromatic carbocycles. The lowest BCUT2D eigenvalue weighted by molar-refractivity contribution is -0.141. The van der Waals surface area contributed by atoms with E-state index in [9.17, 15) is 14.7 Å². The van der Waals surface area contributed by atoms with Crippen LogP contribution in [0.2, 0.25) is 5.02 Å². The predicted molar refractivity (Wildman–Crippen MR) is 157 cm³/mol. The molecule has 0 saturated heterocycles. The maximum atomic E-state index is 13.5. The number of aliphatic hydroxyl groups excluding tert-OH is 1. The van der Waals surface area contributed by atoms with Crippen molar-refractivity contribution in [2.45, 2.75) is 43.7 Å². The summed E-state index contributed by atoms with van der Waals surface area (Å²) in [5.74, 6) is 0.222. The number of furan rings is 1. The van der Waals surface area contributed by atoms with Crippen LogP contribution in [-0.4, -0.2) is 32.4 Å². The molecule has 1 atom stereocenters. The minimum absolute atomic E-state index is 0.101. The molecule has 0 spiro atoms. The second-order valence-corrected chi connectivity index (χ2v) is 11.4. The van der Waals surface area contributed by atoms with Gasteiger partial charge in [-0.1, -0.05) is 60.1 Å². The fourth-order valence-corrected chi connectivity index (χ4v) is 6.19. The van der Waals surface area contributed by atoms with Crippen LogP contribution in [0.3, 0.4) is 0 Å². The number of nitrogens with zero attached hydrogens (tertiary/aromatic N) is 2. The van der Waals surface area contributed by atoms with Gasteiger partial charge in [-0.2, -0.15) is 0 Å². The molecule has 2 N–H and O–H groups in total. The van der Waals surface area contributed by atoms with Gasteiger partial charge in [-0.05, 0) is 66.6 Å². The number of aromatic nitrogens is 2. The van der Waals surface area contributed by atoms with Crippen molar-refractivity contribution in [1.29, 1.82) is 0 Å². The van der Waals surface area contributed by atoms with Crippen molar-refractivity contribution in [3.63, 3.8) is 0 Å². The van der Waals surface area contributed by atoms with Crippen molar-refractivity contribution in [2.24, 2.45) is 0 Å². The Balaban J connectivity index is 1.15. The summed E-state index contributed by atoms with van der Waals surface area (Å²) in [4.78, 5) is 36.4. The summed E-state index contributed by atoms with van der Waals surface area (Å²) in [6, 6.07) is 22.8. The summed E-state index contributed by atoms with van der Waals surface area (Å²) in [7, 11) is 0. The molecule has 1 aliphatic carbocycles. The Labute approximate surface area is 241 Å². The molecule has 7 rings (SSSR count). The van der Waals surface area contributed by atoms with Gasteiger partial charge in [0.15, 0.2) is 6.10 Å². The fourth-order valence-electron chi connectivity index (χ4n) is 6.00. The summed E-state index contributed by atoms with van der Waals surface area (Å²) in [5.41, 5.74) is 4.68. The van der Waals surface area contributed by atoms with E-state index in [0.29, 0.717) is 41.4 Å². The number of aromatic amines is 1. The van der Waals surface area contributed by atoms with Crippen molar-refractivity contribution in [2.75, 3.05) is 6.54 Å². The number of rotatable bonds is 5. The SMILES string of the molecule is O=C([C@H](O)c1cccc(-c2coc3ccccc23)c1)N1CCCc2nc(C3(c4cccc(Cl)c4)CC3)[nH]c(=O)c2C1. The van der Waals surface area contributed by atoms with Crippen LogP contribution in [0.15, 0.2) is 88.3 Å². The van der Waals surface area contributed by atoms with Gasteiger partial charge in [0.05, 0.1) is 29.5 Å². The number of fused-ring (bicyclic) bond motifs is 2. The van der Waals surface area contributed by atoms with Crippen LogP contribution in [0.1, 0.15) is 53.6 Å². The Hall–Kier alpha value is -4.20. The quantitative estimate of drug-likeness (QED) is 0.275. The number of hydrogen-bond acceptors (Lipinski definition) is 5. The summed E-state index contributed by atoms with van der Waals surface area (Å²) in [6.45, 7) is 0.524. The highest BCUT2D eigenvalue weighted by molar-refractivity contribution is 6.30. The summed E-state index contributed by atoms with van der Waals surface area (Å²) in [6.07, 6.45) is 3.33. The molecule has 206 valence electrons. The third-order valence-corrected chi connectivity index (χ3v) is 8.65. The van der Waals surface area contributed by atoms with Crippen LogP contribution in [0.25, 0.3) is 22.1 Å². The normalized spacial score (nSPS) is 16.7. The van der Waals surface area contributed by atoms with Crippen LogP contribution in [0.5, 0.6) is 0 Å². The van der Waals surface area contributed by atoms with Gasteiger partial charge in [0.1, 0.15) is 11.4 Å². The summed E-state index contributed by atoms with van der Waals surface area (Å²) < 4.78 is 5.69. The number of aryl methyl sites for hydroxylation is 1. The van der Waals surface area contributed by atoms with E-state index in [-0.39, 0.29) is 17.5 Å². The molecule has 1 saturated carbocycles. The van der Waals surface area contributed by atoms with E-state index in [0.717, 1.165) is 46.2 Å². The molecule has 1 fully saturated rings. The average molecular weight is 566 g/mol. The fraction of sp³-hybridized carbons (Fsp3) is 0.242. The van der Waals surface area contributed by atoms with Crippen LogP contribution in [0, 0.1) is 0 Å². The lowest BCUT2D eigenvalue weighted by Crippen LogP contribution is -2.36. The number of carbonyl (C=O) groups is 1. The van der Waals surface area contributed by atoms with Gasteiger partial charge >= 0.3 is 0 Å². The highest BCUT2D eigenvalue weighted by atomic mass is 35.5. The zero-order valence-corrected chi connectivity index (χ0v) is 23.0. The van der Waals surface area contributed by atoms with Gasteiger partial charge in [-0.3, -0.25) is 9.59 Å². The maximum absolute atomic E-state index is 13.5. The molecule has 2 aromatic heterocycles. The first-order valence-corrected chi connectivity index (χ1v) is 14.2. The van der Waals surface area contributed by atoms with E-state index in [1.165, 1.54) is 0 Å². The third-order valence-electron chi connectivity index (χ3n) is 8.41. The highest BCUT2D eigenvalue weighted by Gasteiger charge is 2.48. The van der Waals surface area contributed by atoms with Crippen molar-refractivity contribution < 1.29 is 14.3 Å². The number of aliphatic hydroxyl groups is 1. The summed E-state index contributed by atoms with van der Waals surface area (Å²) in [5, 5.41) is 12.8. The molecule has 41 heavy (non-hydrogen) atoms. The standard InChI is InChI=1S/C33H28ClN3O4/c34-23-9-4-8-22(17-23)33(13-14-33)32-35-27-11-5-15-37(18-25(27)30(39)36-32)31(40)29(38)21-7-3-6-20(16-21)26-19-41-28-12-2-1-10-24(26)28/h1-4,6-10,12,16-17,19,29,38H,5,11,13-15,18H2,(H,35,36,39)/t29-/m1/s1. The van der Waals surface area contributed by atoms with Gasteiger partial charge in [0.25, 0.3) is 11.5 Å². The van der Waals surface area contributed by atoms with Crippen LogP contribution in [0.4, 0.5) is 0 Å². The largest absolute Gasteiger partial charge is 0.464 e. The Bertz CT molecular complexity index is 1860. The molecular weight excluding hydrogens is 538 g/mol. The minimum Gasteiger partial charge on any atom is -0.464 e. The van der Waals surface area contributed by atoms with Crippen LogP contribution in [-0.2, 0) is 23.2 Å². The van der Waals surface area contributed by atoms with Crippen molar-refractivity contribution in [3.05, 3.63) is 123 Å². The second kappa shape index (κ2) is 10.0. The predicted octanol–water partition coefficient (Wildman–Crippen LogP) is 5.92. The van der Waals surface area contributed by atoms with Crippen molar-refractivity contribution in [1.82, 2.24) is 14.9 Å². The molecule has 5 aromatic rings. The number of para-hydroxylation sites is 1. The maximum Gasteiger partial charge on any atom is 0.256 e. The van der Waals surface area contributed by atoms with Gasteiger partial charge < -0.3 is 19.4 Å². The zero-order chi connectivity index (χ0) is 28.1. The molecule has 3 heterocycles. The highest BCUT2D eigenvalue weighted by Crippen LogP contribution is 2.52. The number of amides is 1. The third kappa shape index (κ3) is 4.55. The number of H-pyrrole nitrogens is 1. The minimum atomic E-state index is -1.36. The number of hydrogen-bond donors (Lipinski definition) is 2. The number of nitrogens with one attached hydrogen (secondary N) is 1. The lowest BCUT2D eigenvalue weighted by atomic mass is 9.94. The van der Waals surface area contributed by atoms with Gasteiger partial charge in [0, 0.05) is 22.5 Å². The van der Waals surface area contributed by atoms with E-state index >= 15 is 0 Å². The molecule has 2 aliphatic rings. The molecule has 1 aliphatic heterocycles. The first kappa shape index (κ1) is 25.7. The average Bonchev–Trinajstić information content (AvgIpc) is 3.74. The smallest absolute Gasteiger partial charge is 0.256 e.